The summed E-state index contributed by atoms with van der Waals surface area (Å²) >= 11 is 0. The largest absolute Gasteiger partial charge is 0.483 e. The van der Waals surface area contributed by atoms with Gasteiger partial charge in [0.1, 0.15) is 42.7 Å². The lowest BCUT2D eigenvalue weighted by Gasteiger charge is -2.47. The van der Waals surface area contributed by atoms with E-state index in [0.717, 1.165) is 44.9 Å². The summed E-state index contributed by atoms with van der Waals surface area (Å²) < 4.78 is 36.3. The molecule has 3 aliphatic heterocycles. The van der Waals surface area contributed by atoms with Crippen molar-refractivity contribution in [1.29, 1.82) is 0 Å². The highest BCUT2D eigenvalue weighted by Crippen LogP contribution is 2.33. The van der Waals surface area contributed by atoms with Gasteiger partial charge >= 0.3 is 0 Å². The highest BCUT2D eigenvalue weighted by atomic mass is 16.7. The van der Waals surface area contributed by atoms with Crippen LogP contribution in [-0.4, -0.2) is 188 Å². The Morgan fingerprint density at radius 3 is 1.59 bits per heavy atom. The fraction of sp³-hybridized carbons (Fsp3) is 0.950. The molecular formula is C60H116N2O19. The molecule has 0 spiro atoms. The third kappa shape index (κ3) is 32.8. The molecule has 480 valence electrons. The van der Waals surface area contributed by atoms with E-state index in [0.29, 0.717) is 12.8 Å². The van der Waals surface area contributed by atoms with Gasteiger partial charge in [0.05, 0.1) is 56.9 Å². The Morgan fingerprint density at radius 1 is 0.642 bits per heavy atom. The van der Waals surface area contributed by atoms with Crippen molar-refractivity contribution in [3.63, 3.8) is 0 Å². The highest BCUT2D eigenvalue weighted by Gasteiger charge is 2.50. The molecule has 0 aliphatic carbocycles. The minimum atomic E-state index is -1.60. The van der Waals surface area contributed by atoms with Crippen LogP contribution in [-0.2, 0) is 42.8 Å². The molecule has 3 rings (SSSR count). The smallest absolute Gasteiger partial charge is 0.290 e. The fourth-order valence-electron chi connectivity index (χ4n) is 11.0. The summed E-state index contributed by atoms with van der Waals surface area (Å²) in [7, 11) is 0. The average Bonchev–Trinajstić information content (AvgIpc) is 3.44. The van der Waals surface area contributed by atoms with Crippen molar-refractivity contribution < 1.29 is 94.2 Å². The SMILES string of the molecule is CCCCCCCCCCCCCCCCCCCCCCCC(=O)NC(CCCCCCCCCC)CO[C@@H]1OC(CO)[C@@H](O[C@@H]2OC(CO[C@@H]3C[C@@H](O)[C@@H](C)C([C@H](O)[C@H](O)CO)O3)C[C@H](O)C2O)[C@H](O)C1NC(C)=O.O.O=CO. The van der Waals surface area contributed by atoms with Gasteiger partial charge in [-0.05, 0) is 12.8 Å². The van der Waals surface area contributed by atoms with Crippen LogP contribution in [0.25, 0.3) is 0 Å². The van der Waals surface area contributed by atoms with Crippen molar-refractivity contribution in [2.45, 2.75) is 332 Å². The Bertz CT molecular complexity index is 1530. The molecule has 3 fully saturated rings. The summed E-state index contributed by atoms with van der Waals surface area (Å²) in [5.41, 5.74) is 0. The first-order chi connectivity index (χ1) is 38.6. The third-order valence-electron chi connectivity index (χ3n) is 16.0. The Kier molecular flexibility index (Phi) is 45.5. The molecule has 6 unspecified atom stereocenters. The molecule has 3 heterocycles. The molecule has 21 nitrogen and oxygen atoms in total. The average molecular weight is 1170 g/mol. The number of hydrogen-bond acceptors (Lipinski definition) is 17. The van der Waals surface area contributed by atoms with Crippen molar-refractivity contribution in [3.05, 3.63) is 0 Å². The van der Waals surface area contributed by atoms with Gasteiger partial charge in [-0.2, -0.15) is 0 Å². The number of hydrogen-bond donors (Lipinski definition) is 11. The zero-order valence-electron chi connectivity index (χ0n) is 50.2. The number of amides is 2. The van der Waals surface area contributed by atoms with Gasteiger partial charge in [-0.15, -0.1) is 0 Å². The number of rotatable bonds is 45. The van der Waals surface area contributed by atoms with Crippen LogP contribution >= 0.6 is 0 Å². The second-order valence-electron chi connectivity index (χ2n) is 23.0. The lowest BCUT2D eigenvalue weighted by atomic mass is 9.87. The van der Waals surface area contributed by atoms with Gasteiger partial charge in [-0.3, -0.25) is 14.4 Å². The standard InChI is InChI=1S/C59H112N2O16.CH2O2.H2O/c1-5-7-9-11-13-15-16-17-18-19-20-21-22-23-24-25-26-27-29-31-33-35-50(68)61-44(34-32-30-28-14-12-10-8-6-2)40-73-58-52(60-43(4)64)55(71)57(49(39-63)75-58)77-59-54(70)47(66)36-45(74-59)41-72-51-37-46(65)42(3)56(76-51)53(69)48(67)38-62;2-1-3;/h42,44-49,51-59,62-63,65-67,69-71H,5-41H2,1-4H3,(H,60,64)(H,61,68);1H,(H,2,3);1H2/t42-,44?,45?,46-,47+,48-,49?,51+,52?,53-,54?,55-,56?,57-,58-,59+;;/m1../s1. The molecule has 3 aliphatic rings. The van der Waals surface area contributed by atoms with Crippen LogP contribution < -0.4 is 10.6 Å². The topological polar surface area (TPSA) is 344 Å². The van der Waals surface area contributed by atoms with Crippen LogP contribution in [0, 0.1) is 5.92 Å². The van der Waals surface area contributed by atoms with E-state index in [-0.39, 0.29) is 50.0 Å². The van der Waals surface area contributed by atoms with Gasteiger partial charge in [0.2, 0.25) is 11.8 Å². The van der Waals surface area contributed by atoms with E-state index < -0.39 is 111 Å². The normalized spacial score (nSPS) is 27.7. The van der Waals surface area contributed by atoms with Gasteiger partial charge in [0, 0.05) is 32.1 Å². The second kappa shape index (κ2) is 48.0. The van der Waals surface area contributed by atoms with Crippen molar-refractivity contribution in [1.82, 2.24) is 10.6 Å². The molecular weight excluding hydrogens is 1050 g/mol. The molecule has 21 heteroatoms. The molecule has 0 aromatic carbocycles. The van der Waals surface area contributed by atoms with Gasteiger partial charge in [-0.1, -0.05) is 201 Å². The minimum Gasteiger partial charge on any atom is -0.483 e. The summed E-state index contributed by atoms with van der Waals surface area (Å²) in [6, 6.07) is -1.59. The number of ether oxygens (including phenoxy) is 6. The summed E-state index contributed by atoms with van der Waals surface area (Å²) in [6.07, 6.45) is 20.1. The number of carbonyl (C=O) groups is 3. The number of aliphatic hydroxyl groups is 8. The van der Waals surface area contributed by atoms with Gasteiger partial charge < -0.3 is 90.5 Å². The molecule has 3 saturated heterocycles. The van der Waals surface area contributed by atoms with E-state index in [9.17, 15) is 50.4 Å². The molecule has 0 radical (unpaired) electrons. The number of nitrogens with one attached hydrogen (secondary N) is 2. The number of aliphatic hydroxyl groups excluding tert-OH is 8. The van der Waals surface area contributed by atoms with Crippen molar-refractivity contribution in [3.8, 4) is 0 Å². The van der Waals surface area contributed by atoms with Crippen LogP contribution in [0.1, 0.15) is 240 Å². The van der Waals surface area contributed by atoms with E-state index >= 15 is 0 Å². The van der Waals surface area contributed by atoms with Crippen molar-refractivity contribution in [2.24, 2.45) is 5.92 Å². The maximum atomic E-state index is 13.4. The summed E-state index contributed by atoms with van der Waals surface area (Å²) in [5, 5.41) is 97.6. The Balaban J connectivity index is 0.00000801. The molecule has 0 saturated carbocycles. The summed E-state index contributed by atoms with van der Waals surface area (Å²) in [5.74, 6) is -1.16. The fourth-order valence-corrected chi connectivity index (χ4v) is 11.0. The molecule has 0 bridgehead atoms. The molecule has 16 atom stereocenters. The van der Waals surface area contributed by atoms with Crippen LogP contribution in [0.3, 0.4) is 0 Å². The summed E-state index contributed by atoms with van der Waals surface area (Å²) in [4.78, 5) is 34.3. The Hall–Kier alpha value is -2.19. The molecule has 0 aromatic heterocycles. The monoisotopic (exact) mass is 1170 g/mol. The minimum absolute atomic E-state index is 0. The number of carboxylic acid groups (broad SMARTS) is 1. The lowest BCUT2D eigenvalue weighted by Crippen LogP contribution is -2.67. The van der Waals surface area contributed by atoms with Gasteiger partial charge in [0.15, 0.2) is 18.9 Å². The predicted octanol–water partition coefficient (Wildman–Crippen LogP) is 6.14. The molecule has 0 aromatic rings. The first-order valence-electron chi connectivity index (χ1n) is 31.4. The van der Waals surface area contributed by atoms with Crippen LogP contribution in [0.5, 0.6) is 0 Å². The van der Waals surface area contributed by atoms with Gasteiger partial charge in [0.25, 0.3) is 6.47 Å². The first kappa shape index (κ1) is 76.8. The van der Waals surface area contributed by atoms with Crippen molar-refractivity contribution in [2.75, 3.05) is 26.4 Å². The van der Waals surface area contributed by atoms with Crippen LogP contribution in [0.2, 0.25) is 0 Å². The Morgan fingerprint density at radius 2 is 1.12 bits per heavy atom. The lowest BCUT2D eigenvalue weighted by molar-refractivity contribution is -0.341. The van der Waals surface area contributed by atoms with E-state index in [1.54, 1.807) is 6.92 Å². The van der Waals surface area contributed by atoms with E-state index in [4.69, 9.17) is 38.3 Å². The van der Waals surface area contributed by atoms with Crippen LogP contribution in [0.4, 0.5) is 0 Å². The van der Waals surface area contributed by atoms with Crippen LogP contribution in [0.15, 0.2) is 0 Å². The van der Waals surface area contributed by atoms with E-state index in [2.05, 4.69) is 24.5 Å². The molecule has 13 N–H and O–H groups in total. The maximum absolute atomic E-state index is 13.4. The predicted molar refractivity (Wildman–Crippen MR) is 308 cm³/mol. The second-order valence-corrected chi connectivity index (χ2v) is 23.0. The maximum Gasteiger partial charge on any atom is 0.290 e. The third-order valence-corrected chi connectivity index (χ3v) is 16.0. The number of unbranched alkanes of at least 4 members (excludes halogenated alkanes) is 27. The van der Waals surface area contributed by atoms with Gasteiger partial charge in [-0.25, -0.2) is 0 Å². The highest BCUT2D eigenvalue weighted by molar-refractivity contribution is 5.76. The Labute approximate surface area is 485 Å². The zero-order chi connectivity index (χ0) is 58.9. The summed E-state index contributed by atoms with van der Waals surface area (Å²) in [6.45, 7) is 5.54. The molecule has 2 amide bonds. The number of carbonyl (C=O) groups excluding carboxylic acids is 2. The van der Waals surface area contributed by atoms with Crippen molar-refractivity contribution >= 4 is 18.3 Å². The zero-order valence-corrected chi connectivity index (χ0v) is 50.2. The molecule has 81 heavy (non-hydrogen) atoms. The van der Waals surface area contributed by atoms with E-state index in [1.807, 2.05) is 0 Å². The quantitative estimate of drug-likeness (QED) is 0.0241. The van der Waals surface area contributed by atoms with E-state index in [1.165, 1.54) is 148 Å². The first-order valence-corrected chi connectivity index (χ1v) is 31.4.